The van der Waals surface area contributed by atoms with Crippen molar-refractivity contribution in [3.63, 3.8) is 0 Å². The number of aromatic hydroxyl groups is 2. The smallest absolute Gasteiger partial charge is 0.339 e. The van der Waals surface area contributed by atoms with Crippen LogP contribution in [0.5, 0.6) is 11.5 Å². The van der Waals surface area contributed by atoms with Gasteiger partial charge in [0, 0.05) is 18.2 Å². The van der Waals surface area contributed by atoms with Gasteiger partial charge in [-0.15, -0.1) is 0 Å². The average molecular weight is 418 g/mol. The van der Waals surface area contributed by atoms with Crippen molar-refractivity contribution in [1.29, 1.82) is 0 Å². The van der Waals surface area contributed by atoms with Gasteiger partial charge in [-0.1, -0.05) is 54.6 Å². The maximum absolute atomic E-state index is 10.3. The second kappa shape index (κ2) is 8.82. The lowest BCUT2D eigenvalue weighted by molar-refractivity contribution is 0.0693. The van der Waals surface area contributed by atoms with Gasteiger partial charge in [-0.3, -0.25) is 4.90 Å². The summed E-state index contributed by atoms with van der Waals surface area (Å²) in [5, 5.41) is 26.1. The first-order chi connectivity index (χ1) is 14.9. The number of benzene rings is 3. The molecule has 0 spiro atoms. The number of nitrogens with zero attached hydrogens (tertiary/aromatic N) is 1. The Hall–Kier alpha value is -3.31. The minimum atomic E-state index is -1.22. The highest BCUT2D eigenvalue weighted by atomic mass is 16.4. The molecule has 31 heavy (non-hydrogen) atoms. The molecule has 5 heteroatoms. The van der Waals surface area contributed by atoms with Crippen molar-refractivity contribution in [2.24, 2.45) is 5.92 Å². The zero-order valence-corrected chi connectivity index (χ0v) is 17.5. The van der Waals surface area contributed by atoms with E-state index in [0.29, 0.717) is 12.1 Å². The fourth-order valence-corrected chi connectivity index (χ4v) is 4.98. The van der Waals surface area contributed by atoms with E-state index < -0.39 is 11.7 Å². The molecule has 5 nitrogen and oxygen atoms in total. The van der Waals surface area contributed by atoms with Gasteiger partial charge >= 0.3 is 5.97 Å². The van der Waals surface area contributed by atoms with Crippen LogP contribution in [0, 0.1) is 5.92 Å². The summed E-state index contributed by atoms with van der Waals surface area (Å²) in [4.78, 5) is 12.9. The van der Waals surface area contributed by atoms with Crippen molar-refractivity contribution in [2.45, 2.75) is 31.3 Å². The van der Waals surface area contributed by atoms with Gasteiger partial charge < -0.3 is 15.3 Å². The zero-order valence-electron chi connectivity index (χ0n) is 17.5. The maximum atomic E-state index is 10.3. The lowest BCUT2D eigenvalue weighted by atomic mass is 9.97. The summed E-state index contributed by atoms with van der Waals surface area (Å²) in [7, 11) is 2.32. The van der Waals surface area contributed by atoms with Crippen LogP contribution in [0.4, 0.5) is 0 Å². The molecule has 1 saturated heterocycles. The molecule has 2 aliphatic rings. The van der Waals surface area contributed by atoms with Crippen molar-refractivity contribution >= 4 is 5.97 Å². The van der Waals surface area contributed by atoms with Crippen molar-refractivity contribution in [1.82, 2.24) is 4.90 Å². The van der Waals surface area contributed by atoms with E-state index in [1.165, 1.54) is 30.9 Å². The van der Waals surface area contributed by atoms with Gasteiger partial charge in [-0.2, -0.15) is 0 Å². The third-order valence-corrected chi connectivity index (χ3v) is 6.42. The summed E-state index contributed by atoms with van der Waals surface area (Å²) in [5.41, 5.74) is 4.41. The second-order valence-corrected chi connectivity index (χ2v) is 8.36. The van der Waals surface area contributed by atoms with Crippen LogP contribution in [0.25, 0.3) is 0 Å². The van der Waals surface area contributed by atoms with E-state index in [-0.39, 0.29) is 11.3 Å². The molecule has 1 aliphatic carbocycles. The molecule has 3 atom stereocenters. The first kappa shape index (κ1) is 20.9. The molecular weight excluding hydrogens is 390 g/mol. The molecule has 3 aromatic carbocycles. The molecule has 3 aromatic rings. The molecule has 0 bridgehead atoms. The van der Waals surface area contributed by atoms with E-state index in [9.17, 15) is 4.79 Å². The molecule has 0 saturated carbocycles. The summed E-state index contributed by atoms with van der Waals surface area (Å²) in [6, 6.07) is 24.6. The van der Waals surface area contributed by atoms with Gasteiger partial charge in [0.2, 0.25) is 0 Å². The fourth-order valence-electron chi connectivity index (χ4n) is 4.98. The van der Waals surface area contributed by atoms with Gasteiger partial charge in [0.15, 0.2) is 0 Å². The summed E-state index contributed by atoms with van der Waals surface area (Å²) in [6.07, 6.45) is 3.80. The Labute approximate surface area is 182 Å². The van der Waals surface area contributed by atoms with Crippen molar-refractivity contribution < 1.29 is 20.1 Å². The molecular formula is C26H27NO4. The Bertz CT molecular complexity index is 1070. The number of fused-ring (bicyclic) bond motifs is 3. The number of aromatic carboxylic acids is 1. The number of phenolic OH excluding ortho intramolecular Hbond substituents is 1. The molecule has 160 valence electrons. The van der Waals surface area contributed by atoms with Gasteiger partial charge in [0.05, 0.1) is 0 Å². The Morgan fingerprint density at radius 2 is 1.71 bits per heavy atom. The predicted octanol–water partition coefficient (Wildman–Crippen LogP) is 4.64. The minimum absolute atomic E-state index is 0.160. The highest BCUT2D eigenvalue weighted by Crippen LogP contribution is 2.48. The van der Waals surface area contributed by atoms with E-state index in [1.807, 2.05) is 0 Å². The minimum Gasteiger partial charge on any atom is -0.508 e. The third-order valence-electron chi connectivity index (χ3n) is 6.42. The third kappa shape index (κ3) is 4.42. The topological polar surface area (TPSA) is 81.0 Å². The Kier molecular flexibility index (Phi) is 5.96. The maximum Gasteiger partial charge on any atom is 0.339 e. The van der Waals surface area contributed by atoms with Crippen LogP contribution in [0.1, 0.15) is 39.5 Å². The number of likely N-dealkylation sites (tertiary alicyclic amines) is 1. The van der Waals surface area contributed by atoms with Crippen LogP contribution < -0.4 is 0 Å². The Balaban J connectivity index is 0.000000180. The number of rotatable bonds is 3. The van der Waals surface area contributed by atoms with Crippen molar-refractivity contribution in [3.05, 3.63) is 95.1 Å². The number of carboxylic acids is 1. The van der Waals surface area contributed by atoms with Crippen LogP contribution in [0.2, 0.25) is 0 Å². The summed E-state index contributed by atoms with van der Waals surface area (Å²) < 4.78 is 0. The molecule has 0 unspecified atom stereocenters. The first-order valence-corrected chi connectivity index (χ1v) is 10.5. The highest BCUT2D eigenvalue weighted by Gasteiger charge is 2.44. The summed E-state index contributed by atoms with van der Waals surface area (Å²) in [6.45, 7) is 0. The number of hydrogen-bond donors (Lipinski definition) is 3. The summed E-state index contributed by atoms with van der Waals surface area (Å²) >= 11 is 0. The zero-order chi connectivity index (χ0) is 22.0. The molecule has 0 amide bonds. The largest absolute Gasteiger partial charge is 0.508 e. The normalized spacial score (nSPS) is 21.6. The van der Waals surface area contributed by atoms with E-state index in [0.717, 1.165) is 18.1 Å². The SMILES string of the molecule is CN1[C@@H](Cc2ccccc2)C[C@@H]2Cc3ccccc3[C@@H]21.O=C(O)c1ccc(O)cc1O. The highest BCUT2D eigenvalue weighted by molar-refractivity contribution is 5.90. The van der Waals surface area contributed by atoms with E-state index >= 15 is 0 Å². The van der Waals surface area contributed by atoms with Crippen LogP contribution in [0.3, 0.4) is 0 Å². The Morgan fingerprint density at radius 3 is 2.42 bits per heavy atom. The molecule has 5 rings (SSSR count). The molecule has 0 aromatic heterocycles. The summed E-state index contributed by atoms with van der Waals surface area (Å²) in [5.74, 6) is -0.987. The lowest BCUT2D eigenvalue weighted by Crippen LogP contribution is -2.29. The second-order valence-electron chi connectivity index (χ2n) is 8.36. The predicted molar refractivity (Wildman–Crippen MR) is 119 cm³/mol. The van der Waals surface area contributed by atoms with Crippen LogP contribution in [-0.4, -0.2) is 39.3 Å². The van der Waals surface area contributed by atoms with Crippen molar-refractivity contribution in [3.8, 4) is 11.5 Å². The number of carbonyl (C=O) groups is 1. The van der Waals surface area contributed by atoms with Crippen molar-refractivity contribution in [2.75, 3.05) is 7.05 Å². The molecule has 0 radical (unpaired) electrons. The molecule has 3 N–H and O–H groups in total. The quantitative estimate of drug-likeness (QED) is 0.578. The van der Waals surface area contributed by atoms with Gasteiger partial charge in [0.1, 0.15) is 17.1 Å². The van der Waals surface area contributed by atoms with E-state index in [2.05, 4.69) is 66.5 Å². The molecule has 1 aliphatic heterocycles. The lowest BCUT2D eigenvalue weighted by Gasteiger charge is -2.26. The van der Waals surface area contributed by atoms with E-state index in [4.69, 9.17) is 15.3 Å². The monoisotopic (exact) mass is 417 g/mol. The number of carboxylic acid groups (broad SMARTS) is 1. The van der Waals surface area contributed by atoms with Gasteiger partial charge in [-0.25, -0.2) is 4.79 Å². The Morgan fingerprint density at radius 1 is 1.00 bits per heavy atom. The molecule has 1 fully saturated rings. The number of phenols is 2. The van der Waals surface area contributed by atoms with E-state index in [1.54, 1.807) is 11.1 Å². The van der Waals surface area contributed by atoms with Crippen LogP contribution in [0.15, 0.2) is 72.8 Å². The van der Waals surface area contributed by atoms with Gasteiger partial charge in [0.25, 0.3) is 0 Å². The van der Waals surface area contributed by atoms with Crippen LogP contribution >= 0.6 is 0 Å². The number of hydrogen-bond acceptors (Lipinski definition) is 4. The number of likely N-dealkylation sites (N-methyl/N-ethyl adjacent to an activating group) is 1. The average Bonchev–Trinajstić information content (AvgIpc) is 3.25. The molecule has 1 heterocycles. The fraction of sp³-hybridized carbons (Fsp3) is 0.269. The standard InChI is InChI=1S/C19H21N.C7H6O4/c1-20-17(11-14-7-3-2-4-8-14)13-16-12-15-9-5-6-10-18(15)19(16)20;8-4-1-2-5(7(10)11)6(9)3-4/h2-10,16-17,19H,11-13H2,1H3;1-3,8-9H,(H,10,11)/t16-,17-,19+;/m0./s1. The first-order valence-electron chi connectivity index (χ1n) is 10.5. The van der Waals surface area contributed by atoms with Crippen LogP contribution in [-0.2, 0) is 12.8 Å². The van der Waals surface area contributed by atoms with Gasteiger partial charge in [-0.05, 0) is 61.1 Å².